The number of nitrogens with one attached hydrogen (secondary N) is 1. The van der Waals surface area contributed by atoms with Gasteiger partial charge in [0.05, 0.1) is 17.7 Å². The fourth-order valence-corrected chi connectivity index (χ4v) is 4.83. The molecule has 0 amide bonds. The number of carbonyl (C=O) groups is 1. The van der Waals surface area contributed by atoms with Gasteiger partial charge in [0.15, 0.2) is 0 Å². The maximum absolute atomic E-state index is 11.3. The maximum Gasteiger partial charge on any atom is 0.335 e. The number of aromatic carboxylic acids is 1. The van der Waals surface area contributed by atoms with E-state index in [4.69, 9.17) is 4.74 Å². The molecule has 4 heteroatoms. The maximum atomic E-state index is 11.3. The fourth-order valence-electron chi connectivity index (χ4n) is 4.83. The van der Waals surface area contributed by atoms with Crippen molar-refractivity contribution in [3.8, 4) is 0 Å². The van der Waals surface area contributed by atoms with Crippen LogP contribution in [0, 0.1) is 12.8 Å². The molecule has 0 spiro atoms. The molecule has 2 heterocycles. The summed E-state index contributed by atoms with van der Waals surface area (Å²) in [6.45, 7) is 2.83. The van der Waals surface area contributed by atoms with E-state index in [1.807, 2.05) is 13.0 Å². The molecule has 0 bridgehead atoms. The zero-order chi connectivity index (χ0) is 18.5. The molecule has 1 aliphatic carbocycles. The minimum Gasteiger partial charge on any atom is -0.478 e. The van der Waals surface area contributed by atoms with E-state index in [1.54, 1.807) is 12.1 Å². The monoisotopic (exact) mass is 363 g/mol. The lowest BCUT2D eigenvalue weighted by Gasteiger charge is -2.44. The lowest BCUT2D eigenvalue weighted by atomic mass is 9.76. The minimum atomic E-state index is -0.877. The van der Waals surface area contributed by atoms with E-state index in [-0.39, 0.29) is 12.1 Å². The Bertz CT molecular complexity index is 902. The lowest BCUT2D eigenvalue weighted by Crippen LogP contribution is -2.36. The van der Waals surface area contributed by atoms with Crippen molar-refractivity contribution in [2.45, 2.75) is 50.7 Å². The van der Waals surface area contributed by atoms with Gasteiger partial charge in [0, 0.05) is 23.8 Å². The molecule has 5 rings (SSSR count). The van der Waals surface area contributed by atoms with Crippen LogP contribution in [0.15, 0.2) is 36.4 Å². The quantitative estimate of drug-likeness (QED) is 0.786. The summed E-state index contributed by atoms with van der Waals surface area (Å²) in [5.41, 5.74) is 6.46. The first-order chi connectivity index (χ1) is 13.1. The third kappa shape index (κ3) is 2.92. The highest BCUT2D eigenvalue weighted by atomic mass is 16.5. The van der Waals surface area contributed by atoms with Gasteiger partial charge in [0.2, 0.25) is 0 Å². The van der Waals surface area contributed by atoms with Crippen molar-refractivity contribution in [1.82, 2.24) is 0 Å². The van der Waals surface area contributed by atoms with Crippen LogP contribution >= 0.6 is 0 Å². The molecule has 27 heavy (non-hydrogen) atoms. The van der Waals surface area contributed by atoms with Crippen LogP contribution in [0.3, 0.4) is 0 Å². The normalized spacial score (nSPS) is 26.6. The van der Waals surface area contributed by atoms with Crippen molar-refractivity contribution < 1.29 is 14.6 Å². The van der Waals surface area contributed by atoms with E-state index in [9.17, 15) is 9.90 Å². The average Bonchev–Trinajstić information content (AvgIpc) is 3.52. The topological polar surface area (TPSA) is 58.6 Å². The first-order valence-electron chi connectivity index (χ1n) is 9.97. The van der Waals surface area contributed by atoms with E-state index in [0.717, 1.165) is 36.6 Å². The van der Waals surface area contributed by atoms with E-state index >= 15 is 0 Å². The number of anilines is 1. The van der Waals surface area contributed by atoms with Crippen LogP contribution in [-0.4, -0.2) is 17.7 Å². The Labute approximate surface area is 159 Å². The van der Waals surface area contributed by atoms with Crippen molar-refractivity contribution in [3.63, 3.8) is 0 Å². The van der Waals surface area contributed by atoms with Gasteiger partial charge in [-0.3, -0.25) is 0 Å². The van der Waals surface area contributed by atoms with Crippen LogP contribution < -0.4 is 5.32 Å². The first-order valence-corrected chi connectivity index (χ1v) is 9.97. The van der Waals surface area contributed by atoms with E-state index in [1.165, 1.54) is 29.5 Å². The molecular formula is C23H25NO3. The summed E-state index contributed by atoms with van der Waals surface area (Å²) in [6.07, 6.45) is 4.92. The molecule has 3 aliphatic rings. The number of ether oxygens (including phenoxy) is 1. The number of carboxylic acid groups (broad SMARTS) is 1. The van der Waals surface area contributed by atoms with Crippen molar-refractivity contribution in [3.05, 3.63) is 64.2 Å². The standard InChI is InChI=1S/C23H25NO3/c1-13-11-16(23(25)26)6-8-17(13)21-18-3-2-10-27-22(18)19-12-15(14-4-5-14)7-9-20(19)24-21/h6-9,11-12,14,18,21-22,24H,2-5,10H2,1H3,(H,25,26)/t18-,21-,22-/m1/s1. The summed E-state index contributed by atoms with van der Waals surface area (Å²) in [7, 11) is 0. The van der Waals surface area contributed by atoms with Gasteiger partial charge in [0.1, 0.15) is 0 Å². The second-order valence-electron chi connectivity index (χ2n) is 8.22. The number of rotatable bonds is 3. The lowest BCUT2D eigenvalue weighted by molar-refractivity contribution is -0.0382. The molecule has 2 aromatic carbocycles. The minimum absolute atomic E-state index is 0.122. The van der Waals surface area contributed by atoms with Gasteiger partial charge in [-0.15, -0.1) is 0 Å². The zero-order valence-electron chi connectivity index (χ0n) is 15.6. The highest BCUT2D eigenvalue weighted by molar-refractivity contribution is 5.88. The number of benzene rings is 2. The van der Waals surface area contributed by atoms with Gasteiger partial charge in [-0.05, 0) is 73.4 Å². The average molecular weight is 363 g/mol. The molecule has 0 unspecified atom stereocenters. The predicted octanol–water partition coefficient (Wildman–Crippen LogP) is 5.21. The summed E-state index contributed by atoms with van der Waals surface area (Å²) in [5, 5.41) is 13.0. The van der Waals surface area contributed by atoms with Crippen LogP contribution in [0.2, 0.25) is 0 Å². The van der Waals surface area contributed by atoms with Crippen LogP contribution in [-0.2, 0) is 4.74 Å². The Morgan fingerprint density at radius 2 is 1.96 bits per heavy atom. The molecule has 2 aromatic rings. The summed E-state index contributed by atoms with van der Waals surface area (Å²) >= 11 is 0. The smallest absolute Gasteiger partial charge is 0.335 e. The summed E-state index contributed by atoms with van der Waals surface area (Å²) in [4.78, 5) is 11.3. The predicted molar refractivity (Wildman–Crippen MR) is 104 cm³/mol. The van der Waals surface area contributed by atoms with Crippen LogP contribution in [0.4, 0.5) is 5.69 Å². The number of fused-ring (bicyclic) bond motifs is 3. The second kappa shape index (κ2) is 6.38. The van der Waals surface area contributed by atoms with Gasteiger partial charge in [-0.1, -0.05) is 18.2 Å². The largest absolute Gasteiger partial charge is 0.478 e. The van der Waals surface area contributed by atoms with Crippen molar-refractivity contribution >= 4 is 11.7 Å². The molecule has 0 aromatic heterocycles. The third-order valence-electron chi connectivity index (χ3n) is 6.39. The van der Waals surface area contributed by atoms with E-state index in [2.05, 4.69) is 23.5 Å². The van der Waals surface area contributed by atoms with Gasteiger partial charge in [0.25, 0.3) is 0 Å². The second-order valence-corrected chi connectivity index (χ2v) is 8.22. The Balaban J connectivity index is 1.55. The Morgan fingerprint density at radius 3 is 2.70 bits per heavy atom. The third-order valence-corrected chi connectivity index (χ3v) is 6.39. The van der Waals surface area contributed by atoms with E-state index < -0.39 is 5.97 Å². The number of hydrogen-bond acceptors (Lipinski definition) is 3. The highest BCUT2D eigenvalue weighted by Crippen LogP contribution is 2.51. The summed E-state index contributed by atoms with van der Waals surface area (Å²) in [5.74, 6) is 0.231. The molecule has 2 N–H and O–H groups in total. The molecule has 140 valence electrons. The molecule has 1 saturated carbocycles. The van der Waals surface area contributed by atoms with Gasteiger partial charge >= 0.3 is 5.97 Å². The Morgan fingerprint density at radius 1 is 1.11 bits per heavy atom. The molecule has 4 nitrogen and oxygen atoms in total. The molecule has 2 fully saturated rings. The van der Waals surface area contributed by atoms with Crippen LogP contribution in [0.5, 0.6) is 0 Å². The first kappa shape index (κ1) is 16.8. The summed E-state index contributed by atoms with van der Waals surface area (Å²) < 4.78 is 6.28. The van der Waals surface area contributed by atoms with Gasteiger partial charge in [-0.2, -0.15) is 0 Å². The molecule has 0 radical (unpaired) electrons. The van der Waals surface area contributed by atoms with Crippen molar-refractivity contribution in [1.29, 1.82) is 0 Å². The van der Waals surface area contributed by atoms with Crippen LogP contribution in [0.25, 0.3) is 0 Å². The number of carboxylic acids is 1. The van der Waals surface area contributed by atoms with Gasteiger partial charge in [-0.25, -0.2) is 4.79 Å². The molecular weight excluding hydrogens is 338 g/mol. The highest BCUT2D eigenvalue weighted by Gasteiger charge is 2.40. The van der Waals surface area contributed by atoms with Gasteiger partial charge < -0.3 is 15.2 Å². The fraction of sp³-hybridized carbons (Fsp3) is 0.435. The van der Waals surface area contributed by atoms with Crippen molar-refractivity contribution in [2.75, 3.05) is 11.9 Å². The number of hydrogen-bond donors (Lipinski definition) is 2. The number of aryl methyl sites for hydroxylation is 1. The zero-order valence-corrected chi connectivity index (χ0v) is 15.6. The SMILES string of the molecule is Cc1cc(C(=O)O)ccc1[C@H]1Nc2ccc(C3CC3)cc2[C@@H]2OCCC[C@H]12. The summed E-state index contributed by atoms with van der Waals surface area (Å²) in [6, 6.07) is 12.5. The van der Waals surface area contributed by atoms with E-state index in [0.29, 0.717) is 11.5 Å². The molecule has 1 saturated heterocycles. The molecule has 2 aliphatic heterocycles. The Hall–Kier alpha value is -2.33. The van der Waals surface area contributed by atoms with Crippen molar-refractivity contribution in [2.24, 2.45) is 5.92 Å². The Kier molecular flexibility index (Phi) is 3.97. The van der Waals surface area contributed by atoms with Crippen LogP contribution in [0.1, 0.15) is 76.4 Å². The molecule has 3 atom stereocenters.